The first kappa shape index (κ1) is 14.0. The largest absolute Gasteiger partial charge is 0.341 e. The zero-order valence-electron chi connectivity index (χ0n) is 10.9. The summed E-state index contributed by atoms with van der Waals surface area (Å²) in [6, 6.07) is 0. The summed E-state index contributed by atoms with van der Waals surface area (Å²) >= 11 is 0. The molecule has 0 saturated carbocycles. The Labute approximate surface area is 103 Å². The van der Waals surface area contributed by atoms with E-state index in [2.05, 4.69) is 5.32 Å². The molecular weight excluding hydrogens is 218 g/mol. The highest BCUT2D eigenvalue weighted by atomic mass is 16.2. The molecule has 0 aromatic rings. The Hall–Kier alpha value is -1.10. The molecule has 98 valence electrons. The summed E-state index contributed by atoms with van der Waals surface area (Å²) in [5.74, 6) is 0.375. The van der Waals surface area contributed by atoms with Crippen molar-refractivity contribution in [2.45, 2.75) is 26.2 Å². The van der Waals surface area contributed by atoms with Crippen LogP contribution in [0.3, 0.4) is 0 Å². The zero-order valence-corrected chi connectivity index (χ0v) is 10.9. The molecule has 0 unspecified atom stereocenters. The van der Waals surface area contributed by atoms with E-state index < -0.39 is 0 Å². The van der Waals surface area contributed by atoms with E-state index in [1.54, 1.807) is 0 Å². The SMILES string of the molecule is CCC(=O)N1CCCN(C(=O)CCNC)CC1. The van der Waals surface area contributed by atoms with Crippen LogP contribution < -0.4 is 5.32 Å². The van der Waals surface area contributed by atoms with Crippen molar-refractivity contribution in [1.29, 1.82) is 0 Å². The number of hydrogen-bond donors (Lipinski definition) is 1. The third-order valence-electron chi connectivity index (χ3n) is 3.09. The second kappa shape index (κ2) is 7.27. The van der Waals surface area contributed by atoms with Crippen LogP contribution in [0.2, 0.25) is 0 Å². The number of nitrogens with zero attached hydrogens (tertiary/aromatic N) is 2. The van der Waals surface area contributed by atoms with E-state index in [-0.39, 0.29) is 11.8 Å². The molecular formula is C12H23N3O2. The summed E-state index contributed by atoms with van der Waals surface area (Å²) in [4.78, 5) is 27.2. The van der Waals surface area contributed by atoms with Gasteiger partial charge in [0.1, 0.15) is 0 Å². The molecule has 1 fully saturated rings. The maximum Gasteiger partial charge on any atom is 0.223 e. The lowest BCUT2D eigenvalue weighted by Crippen LogP contribution is -2.37. The molecule has 0 aromatic heterocycles. The third kappa shape index (κ3) is 4.34. The summed E-state index contributed by atoms with van der Waals surface area (Å²) in [6.07, 6.45) is 1.98. The average molecular weight is 241 g/mol. The highest BCUT2D eigenvalue weighted by Gasteiger charge is 2.20. The molecule has 1 aliphatic heterocycles. The van der Waals surface area contributed by atoms with Gasteiger partial charge in [-0.05, 0) is 13.5 Å². The van der Waals surface area contributed by atoms with Crippen molar-refractivity contribution in [3.8, 4) is 0 Å². The van der Waals surface area contributed by atoms with Gasteiger partial charge in [0.25, 0.3) is 0 Å². The van der Waals surface area contributed by atoms with Crippen LogP contribution in [0.15, 0.2) is 0 Å². The van der Waals surface area contributed by atoms with E-state index in [9.17, 15) is 9.59 Å². The molecule has 1 aliphatic rings. The van der Waals surface area contributed by atoms with Crippen LogP contribution in [-0.2, 0) is 9.59 Å². The zero-order chi connectivity index (χ0) is 12.7. The van der Waals surface area contributed by atoms with Crippen LogP contribution in [0.5, 0.6) is 0 Å². The molecule has 1 saturated heterocycles. The Bertz CT molecular complexity index is 268. The van der Waals surface area contributed by atoms with Crippen molar-refractivity contribution in [3.05, 3.63) is 0 Å². The molecule has 0 spiro atoms. The fraction of sp³-hybridized carbons (Fsp3) is 0.833. The summed E-state index contributed by atoms with van der Waals surface area (Å²) in [5.41, 5.74) is 0. The van der Waals surface area contributed by atoms with Gasteiger partial charge >= 0.3 is 0 Å². The third-order valence-corrected chi connectivity index (χ3v) is 3.09. The van der Waals surface area contributed by atoms with E-state index >= 15 is 0 Å². The standard InChI is InChI=1S/C12H23N3O2/c1-3-11(16)14-7-4-8-15(10-9-14)12(17)5-6-13-2/h13H,3-10H2,1-2H3. The highest BCUT2D eigenvalue weighted by Crippen LogP contribution is 2.06. The van der Waals surface area contributed by atoms with Crippen LogP contribution in [0, 0.1) is 0 Å². The quantitative estimate of drug-likeness (QED) is 0.757. The minimum Gasteiger partial charge on any atom is -0.341 e. The first-order valence-electron chi connectivity index (χ1n) is 6.39. The summed E-state index contributed by atoms with van der Waals surface area (Å²) in [6.45, 7) is 5.50. The molecule has 0 radical (unpaired) electrons. The molecule has 1 rings (SSSR count). The number of rotatable bonds is 4. The normalized spacial score (nSPS) is 16.8. The van der Waals surface area contributed by atoms with Gasteiger partial charge in [-0.2, -0.15) is 0 Å². The minimum atomic E-state index is 0.185. The number of hydrogen-bond acceptors (Lipinski definition) is 3. The number of carbonyl (C=O) groups excluding carboxylic acids is 2. The fourth-order valence-electron chi connectivity index (χ4n) is 2.03. The predicted molar refractivity (Wildman–Crippen MR) is 66.6 cm³/mol. The first-order valence-corrected chi connectivity index (χ1v) is 6.39. The molecule has 0 bridgehead atoms. The number of amides is 2. The van der Waals surface area contributed by atoms with Crippen molar-refractivity contribution < 1.29 is 9.59 Å². The predicted octanol–water partition coefficient (Wildman–Crippen LogP) is 0.0668. The Kier molecular flexibility index (Phi) is 5.97. The lowest BCUT2D eigenvalue weighted by molar-refractivity contribution is -0.133. The van der Waals surface area contributed by atoms with E-state index in [1.165, 1.54) is 0 Å². The minimum absolute atomic E-state index is 0.185. The van der Waals surface area contributed by atoms with Crippen molar-refractivity contribution in [3.63, 3.8) is 0 Å². The first-order chi connectivity index (χ1) is 8.19. The summed E-state index contributed by atoms with van der Waals surface area (Å²) < 4.78 is 0. The molecule has 17 heavy (non-hydrogen) atoms. The van der Waals surface area contributed by atoms with Gasteiger partial charge in [0.2, 0.25) is 11.8 Å². The van der Waals surface area contributed by atoms with E-state index in [0.717, 1.165) is 19.5 Å². The number of carbonyl (C=O) groups is 2. The second-order valence-corrected chi connectivity index (χ2v) is 4.32. The van der Waals surface area contributed by atoms with Gasteiger partial charge in [0.15, 0.2) is 0 Å². The van der Waals surface area contributed by atoms with Crippen LogP contribution in [0.1, 0.15) is 26.2 Å². The molecule has 5 heteroatoms. The van der Waals surface area contributed by atoms with Gasteiger partial charge in [0.05, 0.1) is 0 Å². The van der Waals surface area contributed by atoms with Crippen LogP contribution in [0.4, 0.5) is 0 Å². The second-order valence-electron chi connectivity index (χ2n) is 4.32. The van der Waals surface area contributed by atoms with Gasteiger partial charge in [0, 0.05) is 45.6 Å². The van der Waals surface area contributed by atoms with Gasteiger partial charge in [-0.25, -0.2) is 0 Å². The van der Waals surface area contributed by atoms with Crippen molar-refractivity contribution in [1.82, 2.24) is 15.1 Å². The molecule has 1 N–H and O–H groups in total. The molecule has 5 nitrogen and oxygen atoms in total. The van der Waals surface area contributed by atoms with Crippen LogP contribution in [0.25, 0.3) is 0 Å². The fourth-order valence-corrected chi connectivity index (χ4v) is 2.03. The van der Waals surface area contributed by atoms with Crippen molar-refractivity contribution in [2.24, 2.45) is 0 Å². The van der Waals surface area contributed by atoms with Crippen LogP contribution in [-0.4, -0.2) is 61.4 Å². The van der Waals surface area contributed by atoms with Gasteiger partial charge in [-0.1, -0.05) is 6.92 Å². The Morgan fingerprint density at radius 2 is 1.65 bits per heavy atom. The molecule has 1 heterocycles. The topological polar surface area (TPSA) is 52.7 Å². The molecule has 2 amide bonds. The lowest BCUT2D eigenvalue weighted by atomic mass is 10.3. The molecule has 0 aromatic carbocycles. The summed E-state index contributed by atoms with van der Waals surface area (Å²) in [7, 11) is 1.84. The Balaban J connectivity index is 2.41. The average Bonchev–Trinajstić information content (AvgIpc) is 2.60. The smallest absolute Gasteiger partial charge is 0.223 e. The van der Waals surface area contributed by atoms with E-state index in [4.69, 9.17) is 0 Å². The Morgan fingerprint density at radius 1 is 1.06 bits per heavy atom. The van der Waals surface area contributed by atoms with E-state index in [0.29, 0.717) is 32.5 Å². The van der Waals surface area contributed by atoms with Crippen molar-refractivity contribution >= 4 is 11.8 Å². The summed E-state index contributed by atoms with van der Waals surface area (Å²) in [5, 5.41) is 2.98. The lowest BCUT2D eigenvalue weighted by Gasteiger charge is -2.21. The van der Waals surface area contributed by atoms with Gasteiger partial charge in [-0.15, -0.1) is 0 Å². The van der Waals surface area contributed by atoms with Crippen molar-refractivity contribution in [2.75, 3.05) is 39.8 Å². The maximum absolute atomic E-state index is 11.8. The molecule has 0 aliphatic carbocycles. The highest BCUT2D eigenvalue weighted by molar-refractivity contribution is 5.77. The van der Waals surface area contributed by atoms with Gasteiger partial charge in [-0.3, -0.25) is 9.59 Å². The number of nitrogens with one attached hydrogen (secondary N) is 1. The van der Waals surface area contributed by atoms with E-state index in [1.807, 2.05) is 23.8 Å². The Morgan fingerprint density at radius 3 is 2.18 bits per heavy atom. The molecule has 0 atom stereocenters. The van der Waals surface area contributed by atoms with Gasteiger partial charge < -0.3 is 15.1 Å². The monoisotopic (exact) mass is 241 g/mol. The van der Waals surface area contributed by atoms with Crippen LogP contribution >= 0.6 is 0 Å². The maximum atomic E-state index is 11.8.